The molecular weight excluding hydrogens is 1070 g/mol. The molecule has 0 radical (unpaired) electrons. The molecule has 6 rings (SSSR count). The molecule has 6 aromatic carbocycles. The van der Waals surface area contributed by atoms with Crippen LogP contribution in [-0.4, -0.2) is 0 Å². The fourth-order valence-corrected chi connectivity index (χ4v) is 14.1. The molecule has 6 aromatic rings. The summed E-state index contributed by atoms with van der Waals surface area (Å²) < 4.78 is 62.8. The summed E-state index contributed by atoms with van der Waals surface area (Å²) in [6.07, 6.45) is 3.39. The Hall–Kier alpha value is -5.02. The van der Waals surface area contributed by atoms with Gasteiger partial charge in [-0.1, -0.05) is 267 Å². The van der Waals surface area contributed by atoms with E-state index in [0.717, 1.165) is 81.3 Å². The highest BCUT2D eigenvalue weighted by Crippen LogP contribution is 2.58. The van der Waals surface area contributed by atoms with Gasteiger partial charge in [0.05, 0.1) is 10.6 Å². The molecule has 0 fully saturated rings. The van der Waals surface area contributed by atoms with Crippen LogP contribution in [0.2, 0.25) is 0 Å². The van der Waals surface area contributed by atoms with Gasteiger partial charge >= 0.3 is 15.2 Å². The van der Waals surface area contributed by atoms with Crippen molar-refractivity contribution in [3.8, 4) is 34.1 Å². The second-order valence-corrected chi connectivity index (χ2v) is 35.7. The van der Waals surface area contributed by atoms with Gasteiger partial charge in [-0.15, -0.1) is 0 Å². The maximum atomic E-state index is 16.8. The molecule has 0 aliphatic heterocycles. The molecule has 0 heterocycles. The normalized spacial score (nSPS) is 13.5. The van der Waals surface area contributed by atoms with E-state index in [2.05, 4.69) is 242 Å². The van der Waals surface area contributed by atoms with Crippen LogP contribution in [0, 0.1) is 0 Å². The van der Waals surface area contributed by atoms with Gasteiger partial charge in [0.2, 0.25) is 0 Å². The van der Waals surface area contributed by atoms with Crippen molar-refractivity contribution in [2.24, 2.45) is 0 Å². The second-order valence-electron chi connectivity index (χ2n) is 31.9. The van der Waals surface area contributed by atoms with Gasteiger partial charge in [-0.2, -0.15) is 0 Å². The molecule has 84 heavy (non-hydrogen) atoms. The first-order valence-electron chi connectivity index (χ1n) is 31.1. The quantitative estimate of drug-likeness (QED) is 0.0954. The van der Waals surface area contributed by atoms with Crippen molar-refractivity contribution >= 4 is 25.8 Å². The lowest BCUT2D eigenvalue weighted by Crippen LogP contribution is -2.25. The Morgan fingerprint density at radius 1 is 0.262 bits per heavy atom. The Morgan fingerprint density at radius 3 is 0.524 bits per heavy atom. The van der Waals surface area contributed by atoms with E-state index in [4.69, 9.17) is 18.1 Å². The SMILES string of the molecule is CCc1cc(C(C)(C)C)c(OP(=O)(Oc2c(C(C)(C)C)cc(CC)cc2C(C)(C)C)c2ccc(-c3ccc(P(=O)(Oc4c(C(C)(C)C)cc(CC)cc4C(C)(C)C)Oc4c(C(C)(C)C)cc(CC)cc4C(C)(C)C)cc3)cc2)c(C(C)(C)C)c1. The molecule has 458 valence electrons. The van der Waals surface area contributed by atoms with Gasteiger partial charge in [-0.25, -0.2) is 9.13 Å². The Balaban J connectivity index is 1.61. The van der Waals surface area contributed by atoms with Crippen molar-refractivity contribution in [3.63, 3.8) is 0 Å². The topological polar surface area (TPSA) is 71.1 Å². The van der Waals surface area contributed by atoms with Crippen LogP contribution in [-0.2, 0) is 78.1 Å². The summed E-state index contributed by atoms with van der Waals surface area (Å²) in [7, 11) is -8.60. The maximum absolute atomic E-state index is 16.8. The maximum Gasteiger partial charge on any atom is 0.462 e. The average Bonchev–Trinajstić information content (AvgIpc) is 1.37. The summed E-state index contributed by atoms with van der Waals surface area (Å²) in [5.74, 6) is 2.39. The number of aryl methyl sites for hydroxylation is 4. The van der Waals surface area contributed by atoms with E-state index < -0.39 is 15.2 Å². The molecule has 0 atom stereocenters. The van der Waals surface area contributed by atoms with Gasteiger partial charge in [0, 0.05) is 44.5 Å². The minimum Gasteiger partial charge on any atom is -0.412 e. The number of hydrogen-bond acceptors (Lipinski definition) is 6. The fourth-order valence-electron chi connectivity index (χ4n) is 10.8. The fraction of sp³-hybridized carbons (Fsp3) is 0.526. The van der Waals surface area contributed by atoms with Gasteiger partial charge in [0.25, 0.3) is 0 Å². The molecule has 0 saturated heterocycles. The largest absolute Gasteiger partial charge is 0.462 e. The van der Waals surface area contributed by atoms with Crippen LogP contribution < -0.4 is 28.7 Å². The van der Waals surface area contributed by atoms with Crippen LogP contribution >= 0.6 is 15.2 Å². The molecule has 0 aliphatic carbocycles. The van der Waals surface area contributed by atoms with E-state index in [1.165, 1.54) is 22.3 Å². The van der Waals surface area contributed by atoms with Gasteiger partial charge in [-0.05, 0) is 127 Å². The van der Waals surface area contributed by atoms with E-state index in [1.807, 2.05) is 48.5 Å². The van der Waals surface area contributed by atoms with Gasteiger partial charge in [0.15, 0.2) is 0 Å². The van der Waals surface area contributed by atoms with Crippen molar-refractivity contribution in [1.82, 2.24) is 0 Å². The van der Waals surface area contributed by atoms with Gasteiger partial charge in [-0.3, -0.25) is 0 Å². The predicted octanol–water partition coefficient (Wildman–Crippen LogP) is 21.9. The molecule has 0 unspecified atom stereocenters. The van der Waals surface area contributed by atoms with Crippen LogP contribution in [0.25, 0.3) is 11.1 Å². The summed E-state index contributed by atoms with van der Waals surface area (Å²) in [6.45, 7) is 61.2. The number of benzene rings is 6. The predicted molar refractivity (Wildman–Crippen MR) is 362 cm³/mol. The van der Waals surface area contributed by atoms with Crippen molar-refractivity contribution in [1.29, 1.82) is 0 Å². The zero-order valence-corrected chi connectivity index (χ0v) is 59.2. The zero-order valence-electron chi connectivity index (χ0n) is 57.4. The molecular formula is C76H108O6P2. The first-order valence-corrected chi connectivity index (χ1v) is 34.2. The first-order chi connectivity index (χ1) is 38.2. The van der Waals surface area contributed by atoms with Crippen LogP contribution in [0.3, 0.4) is 0 Å². The van der Waals surface area contributed by atoms with E-state index in [0.29, 0.717) is 33.6 Å². The lowest BCUT2D eigenvalue weighted by atomic mass is 9.78. The summed E-state index contributed by atoms with van der Waals surface area (Å²) in [5, 5.41) is 0.870. The first kappa shape index (κ1) is 68.1. The molecule has 0 bridgehead atoms. The molecule has 0 spiro atoms. The van der Waals surface area contributed by atoms with E-state index >= 15 is 9.13 Å². The third-order valence-corrected chi connectivity index (χ3v) is 19.8. The lowest BCUT2D eigenvalue weighted by Gasteiger charge is -2.35. The van der Waals surface area contributed by atoms with E-state index in [9.17, 15) is 0 Å². The lowest BCUT2D eigenvalue weighted by molar-refractivity contribution is 0.374. The zero-order chi connectivity index (χ0) is 63.5. The Morgan fingerprint density at radius 2 is 0.405 bits per heavy atom. The van der Waals surface area contributed by atoms with Gasteiger partial charge in [0.1, 0.15) is 23.0 Å². The van der Waals surface area contributed by atoms with Crippen molar-refractivity contribution < 1.29 is 27.2 Å². The Labute approximate surface area is 511 Å². The Kier molecular flexibility index (Phi) is 19.4. The van der Waals surface area contributed by atoms with E-state index in [-0.39, 0.29) is 43.3 Å². The number of hydrogen-bond donors (Lipinski definition) is 0. The minimum atomic E-state index is -4.30. The van der Waals surface area contributed by atoms with Gasteiger partial charge < -0.3 is 18.1 Å². The monoisotopic (exact) mass is 1180 g/mol. The molecule has 0 aromatic heterocycles. The molecule has 0 amide bonds. The van der Waals surface area contributed by atoms with E-state index in [1.54, 1.807) is 0 Å². The summed E-state index contributed by atoms with van der Waals surface area (Å²) in [6, 6.07) is 33.3. The molecule has 0 saturated carbocycles. The third kappa shape index (κ3) is 15.2. The van der Waals surface area contributed by atoms with Crippen LogP contribution in [0.5, 0.6) is 23.0 Å². The Bertz CT molecular complexity index is 2880. The summed E-state index contributed by atoms with van der Waals surface area (Å²) in [5.41, 5.74) is 11.5. The van der Waals surface area contributed by atoms with Crippen molar-refractivity contribution in [2.75, 3.05) is 0 Å². The summed E-state index contributed by atoms with van der Waals surface area (Å²) in [4.78, 5) is 0. The average molecular weight is 1180 g/mol. The standard InChI is InChI=1S/C76H108O6P2/c1-29-49-41-57(69(5,6)7)65(58(42-49)70(8,9)10)79-83(77,80-66-59(71(11,12)13)43-50(30-2)44-60(66)72(14,15)16)55-37-33-53(34-38-55)54-35-39-56(40-36-54)84(78,81-67-61(73(17,18)19)45-51(31-3)46-62(67)74(20,21)22)82-68-63(75(23,24)25)47-52(32-4)48-64(68)76(26,27)28/h33-48H,29-32H2,1-28H3. The minimum absolute atomic E-state index is 0.357. The molecule has 0 aliphatic rings. The molecule has 8 heteroatoms. The van der Waals surface area contributed by atoms with Crippen molar-refractivity contribution in [2.45, 2.75) is 263 Å². The molecule has 6 nitrogen and oxygen atoms in total. The van der Waals surface area contributed by atoms with Crippen LogP contribution in [0.15, 0.2) is 97.1 Å². The van der Waals surface area contributed by atoms with Crippen molar-refractivity contribution in [3.05, 3.63) is 164 Å². The van der Waals surface area contributed by atoms with Crippen LogP contribution in [0.1, 0.15) is 261 Å². The third-order valence-electron chi connectivity index (χ3n) is 16.2. The highest BCUT2D eigenvalue weighted by Gasteiger charge is 2.43. The smallest absolute Gasteiger partial charge is 0.412 e. The van der Waals surface area contributed by atoms with Crippen LogP contribution in [0.4, 0.5) is 0 Å². The second kappa shape index (κ2) is 23.9. The molecule has 0 N–H and O–H groups in total. The highest BCUT2D eigenvalue weighted by atomic mass is 31.2. The highest BCUT2D eigenvalue weighted by molar-refractivity contribution is 7.63. The summed E-state index contributed by atoms with van der Waals surface area (Å²) >= 11 is 0. The number of rotatable bonds is 15.